The van der Waals surface area contributed by atoms with Gasteiger partial charge in [-0.05, 0) is 68.3 Å². The molecule has 25 heavy (non-hydrogen) atoms. The van der Waals surface area contributed by atoms with E-state index in [0.29, 0.717) is 8.95 Å². The van der Waals surface area contributed by atoms with Crippen molar-refractivity contribution in [3.8, 4) is 0 Å². The second-order valence-electron chi connectivity index (χ2n) is 4.76. The number of nitrogens with one attached hydrogen (secondary N) is 1. The maximum Gasteiger partial charge on any atom is 0.416 e. The van der Waals surface area contributed by atoms with Crippen molar-refractivity contribution in [3.63, 3.8) is 0 Å². The smallest absolute Gasteiger partial charge is 0.345 e. The lowest BCUT2D eigenvalue weighted by Gasteiger charge is -2.10. The van der Waals surface area contributed by atoms with E-state index in [1.54, 1.807) is 0 Å². The van der Waals surface area contributed by atoms with Crippen molar-refractivity contribution >= 4 is 49.6 Å². The molecule has 0 heterocycles. The van der Waals surface area contributed by atoms with Crippen LogP contribution in [0, 0.1) is 0 Å². The van der Waals surface area contributed by atoms with E-state index in [0.717, 1.165) is 30.6 Å². The summed E-state index contributed by atoms with van der Waals surface area (Å²) in [6.07, 6.45) is -8.03. The fourth-order valence-corrected chi connectivity index (χ4v) is 2.48. The van der Waals surface area contributed by atoms with Gasteiger partial charge in [0.2, 0.25) is 0 Å². The van der Waals surface area contributed by atoms with Gasteiger partial charge in [-0.25, -0.2) is 4.99 Å². The summed E-state index contributed by atoms with van der Waals surface area (Å²) < 4.78 is 76.9. The molecule has 2 rings (SSSR count). The van der Waals surface area contributed by atoms with Crippen LogP contribution in [0.3, 0.4) is 0 Å². The summed E-state index contributed by atoms with van der Waals surface area (Å²) in [5, 5.41) is 2.52. The number of benzene rings is 2. The van der Waals surface area contributed by atoms with Gasteiger partial charge in [-0.15, -0.1) is 0 Å². The molecule has 2 nitrogen and oxygen atoms in total. The second kappa shape index (κ2) is 7.36. The molecule has 134 valence electrons. The zero-order valence-corrected chi connectivity index (χ0v) is 15.2. The van der Waals surface area contributed by atoms with Crippen LogP contribution in [-0.4, -0.2) is 6.34 Å². The number of rotatable bonds is 3. The topological polar surface area (TPSA) is 24.4 Å². The standard InChI is InChI=1S/C15H8Br2F6N2/c16-10-3-1-8(14(18,19)20)5-12(10)24-7-25-13-6-9(15(21,22)23)2-4-11(13)17/h1-7H,(H,24,25). The molecule has 0 unspecified atom stereocenters. The number of hydrogen-bond donors (Lipinski definition) is 1. The van der Waals surface area contributed by atoms with E-state index in [4.69, 9.17) is 0 Å². The van der Waals surface area contributed by atoms with E-state index in [9.17, 15) is 26.3 Å². The Morgan fingerprint density at radius 3 is 1.88 bits per heavy atom. The average Bonchev–Trinajstić information content (AvgIpc) is 2.48. The highest BCUT2D eigenvalue weighted by molar-refractivity contribution is 9.11. The summed E-state index contributed by atoms with van der Waals surface area (Å²) in [5.74, 6) is 0. The molecule has 2 aromatic carbocycles. The average molecular weight is 490 g/mol. The summed E-state index contributed by atoms with van der Waals surface area (Å²) in [7, 11) is 0. The van der Waals surface area contributed by atoms with Crippen LogP contribution in [0.5, 0.6) is 0 Å². The van der Waals surface area contributed by atoms with Gasteiger partial charge >= 0.3 is 12.4 Å². The number of halogens is 8. The molecule has 2 aromatic rings. The molecule has 0 radical (unpaired) electrons. The molecule has 0 saturated heterocycles. The first kappa shape index (κ1) is 19.8. The third-order valence-corrected chi connectivity index (χ3v) is 4.35. The summed E-state index contributed by atoms with van der Waals surface area (Å²) in [6, 6.07) is 5.87. The van der Waals surface area contributed by atoms with E-state index < -0.39 is 23.5 Å². The third kappa shape index (κ3) is 5.21. The van der Waals surface area contributed by atoms with Gasteiger partial charge in [0.1, 0.15) is 0 Å². The Balaban J connectivity index is 2.25. The van der Waals surface area contributed by atoms with Crippen molar-refractivity contribution in [2.75, 3.05) is 5.32 Å². The molecular weight excluding hydrogens is 482 g/mol. The molecule has 0 aliphatic heterocycles. The molecule has 0 aliphatic carbocycles. The SMILES string of the molecule is FC(F)(F)c1ccc(Br)c(N=CNc2cc(C(F)(F)F)ccc2Br)c1. The molecule has 10 heteroatoms. The number of nitrogens with zero attached hydrogens (tertiary/aromatic N) is 1. The predicted octanol–water partition coefficient (Wildman–Crippen LogP) is 7.02. The monoisotopic (exact) mass is 488 g/mol. The summed E-state index contributed by atoms with van der Waals surface area (Å²) >= 11 is 6.16. The summed E-state index contributed by atoms with van der Waals surface area (Å²) in [5.41, 5.74) is -1.71. The lowest BCUT2D eigenvalue weighted by molar-refractivity contribution is -0.138. The van der Waals surface area contributed by atoms with Crippen molar-refractivity contribution in [2.45, 2.75) is 12.4 Å². The predicted molar refractivity (Wildman–Crippen MR) is 90.1 cm³/mol. The minimum Gasteiger partial charge on any atom is -0.345 e. The van der Waals surface area contributed by atoms with Crippen LogP contribution in [0.4, 0.5) is 37.7 Å². The molecule has 0 aliphatic rings. The zero-order valence-electron chi connectivity index (χ0n) is 12.0. The minimum absolute atomic E-state index is 0.0228. The lowest BCUT2D eigenvalue weighted by Crippen LogP contribution is -2.06. The van der Waals surface area contributed by atoms with Crippen LogP contribution in [0.1, 0.15) is 11.1 Å². The van der Waals surface area contributed by atoms with Gasteiger partial charge in [-0.1, -0.05) is 0 Å². The first-order valence-electron chi connectivity index (χ1n) is 6.51. The Kier molecular flexibility index (Phi) is 5.82. The third-order valence-electron chi connectivity index (χ3n) is 2.99. The fraction of sp³-hybridized carbons (Fsp3) is 0.133. The minimum atomic E-state index is -4.53. The zero-order chi connectivity index (χ0) is 18.8. The van der Waals surface area contributed by atoms with E-state index in [1.807, 2.05) is 0 Å². The highest BCUT2D eigenvalue weighted by Gasteiger charge is 2.31. The summed E-state index contributed by atoms with van der Waals surface area (Å²) in [6.45, 7) is 0. The van der Waals surface area contributed by atoms with Crippen LogP contribution in [0.25, 0.3) is 0 Å². The van der Waals surface area contributed by atoms with Gasteiger partial charge in [0.15, 0.2) is 0 Å². The molecule has 0 bridgehead atoms. The first-order valence-corrected chi connectivity index (χ1v) is 8.09. The highest BCUT2D eigenvalue weighted by atomic mass is 79.9. The van der Waals surface area contributed by atoms with E-state index >= 15 is 0 Å². The van der Waals surface area contributed by atoms with Crippen LogP contribution in [0.2, 0.25) is 0 Å². The number of hydrogen-bond acceptors (Lipinski definition) is 1. The Labute approximate surface area is 155 Å². The van der Waals surface area contributed by atoms with Crippen molar-refractivity contribution in [1.29, 1.82) is 0 Å². The summed E-state index contributed by atoms with van der Waals surface area (Å²) in [4.78, 5) is 3.82. The first-order chi connectivity index (χ1) is 11.5. The van der Waals surface area contributed by atoms with Gasteiger partial charge in [0, 0.05) is 8.95 Å². The molecule has 0 aromatic heterocycles. The maximum atomic E-state index is 12.7. The van der Waals surface area contributed by atoms with Gasteiger partial charge in [-0.3, -0.25) is 0 Å². The van der Waals surface area contributed by atoms with E-state index in [-0.39, 0.29) is 11.4 Å². The largest absolute Gasteiger partial charge is 0.416 e. The van der Waals surface area contributed by atoms with E-state index in [2.05, 4.69) is 42.2 Å². The Hall–Kier alpha value is -1.55. The fourth-order valence-electron chi connectivity index (χ4n) is 1.77. The second-order valence-corrected chi connectivity index (χ2v) is 6.47. The van der Waals surface area contributed by atoms with Crippen molar-refractivity contribution < 1.29 is 26.3 Å². The number of anilines is 1. The molecule has 0 atom stereocenters. The lowest BCUT2D eigenvalue weighted by atomic mass is 10.2. The van der Waals surface area contributed by atoms with Gasteiger partial charge in [0.25, 0.3) is 0 Å². The molecule has 0 saturated carbocycles. The van der Waals surface area contributed by atoms with E-state index in [1.165, 1.54) is 12.1 Å². The van der Waals surface area contributed by atoms with Gasteiger partial charge in [-0.2, -0.15) is 26.3 Å². The number of alkyl halides is 6. The highest BCUT2D eigenvalue weighted by Crippen LogP contribution is 2.36. The van der Waals surface area contributed by atoms with Gasteiger partial charge < -0.3 is 5.32 Å². The molecular formula is C15H8Br2F6N2. The molecule has 0 spiro atoms. The molecule has 1 N–H and O–H groups in total. The molecule has 0 amide bonds. The van der Waals surface area contributed by atoms with Crippen molar-refractivity contribution in [2.24, 2.45) is 4.99 Å². The Morgan fingerprint density at radius 2 is 1.32 bits per heavy atom. The van der Waals surface area contributed by atoms with Crippen LogP contribution in [-0.2, 0) is 12.4 Å². The maximum absolute atomic E-state index is 12.7. The Bertz CT molecular complexity index is 800. The van der Waals surface area contributed by atoms with Gasteiger partial charge in [0.05, 0.1) is 28.8 Å². The normalized spacial score (nSPS) is 12.6. The van der Waals surface area contributed by atoms with Crippen LogP contribution in [0.15, 0.2) is 50.3 Å². The Morgan fingerprint density at radius 1 is 0.800 bits per heavy atom. The molecule has 0 fully saturated rings. The van der Waals surface area contributed by atoms with Crippen LogP contribution < -0.4 is 5.32 Å². The number of aliphatic imine (C=N–C) groups is 1. The van der Waals surface area contributed by atoms with Crippen molar-refractivity contribution in [1.82, 2.24) is 0 Å². The van der Waals surface area contributed by atoms with Crippen molar-refractivity contribution in [3.05, 3.63) is 56.5 Å². The van der Waals surface area contributed by atoms with Crippen LogP contribution >= 0.6 is 31.9 Å². The quantitative estimate of drug-likeness (QED) is 0.279.